The smallest absolute Gasteiger partial charge is 0.0642 e. The van der Waals surface area contributed by atoms with Crippen LogP contribution < -0.4 is 10.6 Å². The first-order chi connectivity index (χ1) is 8.11. The molecule has 94 valence electrons. The fraction of sp³-hybridized carbons (Fsp3) is 0.538. The molecule has 3 nitrogen and oxygen atoms in total. The minimum absolute atomic E-state index is 0.103. The third-order valence-corrected chi connectivity index (χ3v) is 3.72. The van der Waals surface area contributed by atoms with Crippen molar-refractivity contribution in [2.24, 2.45) is 11.7 Å². The summed E-state index contributed by atoms with van der Waals surface area (Å²) < 4.78 is 0. The van der Waals surface area contributed by atoms with E-state index in [2.05, 4.69) is 4.90 Å². The SMILES string of the molecule is CN(CC1CC(O)C1)c1c(Cl)cccc1CN. The van der Waals surface area contributed by atoms with Crippen LogP contribution >= 0.6 is 11.6 Å². The third-order valence-electron chi connectivity index (χ3n) is 3.41. The molecule has 0 heterocycles. The molecule has 0 aromatic heterocycles. The molecule has 0 unspecified atom stereocenters. The first-order valence-corrected chi connectivity index (χ1v) is 6.36. The Hall–Kier alpha value is -0.770. The van der Waals surface area contributed by atoms with Gasteiger partial charge in [-0.1, -0.05) is 23.7 Å². The van der Waals surface area contributed by atoms with Gasteiger partial charge in [0, 0.05) is 20.1 Å². The summed E-state index contributed by atoms with van der Waals surface area (Å²) in [5, 5.41) is 10.0. The van der Waals surface area contributed by atoms with Gasteiger partial charge in [0.2, 0.25) is 0 Å². The maximum absolute atomic E-state index is 9.29. The summed E-state index contributed by atoms with van der Waals surface area (Å²) >= 11 is 6.23. The number of rotatable bonds is 4. The first kappa shape index (κ1) is 12.7. The summed E-state index contributed by atoms with van der Waals surface area (Å²) in [5.74, 6) is 0.567. The lowest BCUT2D eigenvalue weighted by Crippen LogP contribution is -2.37. The molecular weight excluding hydrogens is 236 g/mol. The number of hydrogen-bond donors (Lipinski definition) is 2. The molecule has 4 heteroatoms. The molecule has 1 aromatic carbocycles. The van der Waals surface area contributed by atoms with Crippen molar-refractivity contribution in [1.82, 2.24) is 0 Å². The van der Waals surface area contributed by atoms with Gasteiger partial charge in [0.15, 0.2) is 0 Å². The number of halogens is 1. The highest BCUT2D eigenvalue weighted by molar-refractivity contribution is 6.33. The number of nitrogens with two attached hydrogens (primary N) is 1. The van der Waals surface area contributed by atoms with Gasteiger partial charge < -0.3 is 15.7 Å². The molecule has 1 aliphatic rings. The fourth-order valence-electron chi connectivity index (χ4n) is 2.48. The van der Waals surface area contributed by atoms with Crippen molar-refractivity contribution in [3.05, 3.63) is 28.8 Å². The average molecular weight is 255 g/mol. The first-order valence-electron chi connectivity index (χ1n) is 5.98. The van der Waals surface area contributed by atoms with Gasteiger partial charge in [-0.25, -0.2) is 0 Å². The van der Waals surface area contributed by atoms with Gasteiger partial charge in [0.05, 0.1) is 16.8 Å². The Bertz CT molecular complexity index is 391. The number of benzene rings is 1. The summed E-state index contributed by atoms with van der Waals surface area (Å²) in [7, 11) is 2.03. The van der Waals surface area contributed by atoms with Crippen molar-refractivity contribution < 1.29 is 5.11 Å². The van der Waals surface area contributed by atoms with Crippen molar-refractivity contribution in [2.75, 3.05) is 18.5 Å². The van der Waals surface area contributed by atoms with Crippen LogP contribution in [0.1, 0.15) is 18.4 Å². The highest BCUT2D eigenvalue weighted by Gasteiger charge is 2.28. The molecule has 1 fully saturated rings. The van der Waals surface area contributed by atoms with Crippen LogP contribution in [0, 0.1) is 5.92 Å². The van der Waals surface area contributed by atoms with Crippen molar-refractivity contribution in [1.29, 1.82) is 0 Å². The lowest BCUT2D eigenvalue weighted by Gasteiger charge is -2.36. The van der Waals surface area contributed by atoms with Gasteiger partial charge in [-0.2, -0.15) is 0 Å². The monoisotopic (exact) mass is 254 g/mol. The molecule has 0 atom stereocenters. The van der Waals surface area contributed by atoms with E-state index in [0.717, 1.165) is 35.7 Å². The minimum Gasteiger partial charge on any atom is -0.393 e. The maximum Gasteiger partial charge on any atom is 0.0642 e. The molecule has 0 saturated heterocycles. The number of nitrogens with zero attached hydrogens (tertiary/aromatic N) is 1. The summed E-state index contributed by atoms with van der Waals surface area (Å²) in [4.78, 5) is 2.15. The molecule has 1 saturated carbocycles. The predicted molar refractivity (Wildman–Crippen MR) is 71.3 cm³/mol. The van der Waals surface area contributed by atoms with Crippen molar-refractivity contribution in [3.63, 3.8) is 0 Å². The second-order valence-corrected chi connectivity index (χ2v) is 5.23. The molecule has 0 bridgehead atoms. The van der Waals surface area contributed by atoms with E-state index in [4.69, 9.17) is 17.3 Å². The van der Waals surface area contributed by atoms with E-state index in [1.165, 1.54) is 0 Å². The summed E-state index contributed by atoms with van der Waals surface area (Å²) in [6.07, 6.45) is 1.69. The van der Waals surface area contributed by atoms with Crippen molar-refractivity contribution >= 4 is 17.3 Å². The second-order valence-electron chi connectivity index (χ2n) is 4.82. The Labute approximate surface area is 107 Å². The van der Waals surface area contributed by atoms with Crippen LogP contribution in [0.4, 0.5) is 5.69 Å². The molecule has 0 radical (unpaired) electrons. The van der Waals surface area contributed by atoms with E-state index < -0.39 is 0 Å². The van der Waals surface area contributed by atoms with Crippen LogP contribution in [-0.2, 0) is 6.54 Å². The normalized spacial score (nSPS) is 23.3. The third kappa shape index (κ3) is 2.73. The lowest BCUT2D eigenvalue weighted by atomic mass is 9.82. The maximum atomic E-state index is 9.29. The van der Waals surface area contributed by atoms with Crippen LogP contribution in [-0.4, -0.2) is 24.8 Å². The van der Waals surface area contributed by atoms with Gasteiger partial charge in [0.25, 0.3) is 0 Å². The van der Waals surface area contributed by atoms with Crippen LogP contribution in [0.2, 0.25) is 5.02 Å². The van der Waals surface area contributed by atoms with Crippen LogP contribution in [0.15, 0.2) is 18.2 Å². The van der Waals surface area contributed by atoms with Gasteiger partial charge in [-0.15, -0.1) is 0 Å². The number of para-hydroxylation sites is 1. The van der Waals surface area contributed by atoms with E-state index >= 15 is 0 Å². The van der Waals surface area contributed by atoms with Gasteiger partial charge in [-0.05, 0) is 30.4 Å². The van der Waals surface area contributed by atoms with E-state index in [1.807, 2.05) is 25.2 Å². The Morgan fingerprint density at radius 3 is 2.76 bits per heavy atom. The highest BCUT2D eigenvalue weighted by atomic mass is 35.5. The topological polar surface area (TPSA) is 49.5 Å². The zero-order chi connectivity index (χ0) is 12.4. The van der Waals surface area contributed by atoms with Crippen molar-refractivity contribution in [3.8, 4) is 0 Å². The van der Waals surface area contributed by atoms with E-state index in [1.54, 1.807) is 0 Å². The molecule has 1 aromatic rings. The highest BCUT2D eigenvalue weighted by Crippen LogP contribution is 2.33. The Morgan fingerprint density at radius 1 is 1.47 bits per heavy atom. The van der Waals surface area contributed by atoms with E-state index in [0.29, 0.717) is 12.5 Å². The average Bonchev–Trinajstić information content (AvgIpc) is 2.26. The Morgan fingerprint density at radius 2 is 2.18 bits per heavy atom. The summed E-state index contributed by atoms with van der Waals surface area (Å²) in [6, 6.07) is 5.82. The van der Waals surface area contributed by atoms with E-state index in [-0.39, 0.29) is 6.10 Å². The molecule has 0 aliphatic heterocycles. The number of hydrogen-bond acceptors (Lipinski definition) is 3. The standard InChI is InChI=1S/C13H19ClN2O/c1-16(8-9-5-11(17)6-9)13-10(7-15)3-2-4-12(13)14/h2-4,9,11,17H,5-8,15H2,1H3. The number of anilines is 1. The molecule has 3 N–H and O–H groups in total. The molecule has 17 heavy (non-hydrogen) atoms. The molecule has 0 amide bonds. The van der Waals surface area contributed by atoms with E-state index in [9.17, 15) is 5.11 Å². The van der Waals surface area contributed by atoms with Gasteiger partial charge >= 0.3 is 0 Å². The summed E-state index contributed by atoms with van der Waals surface area (Å²) in [6.45, 7) is 1.42. The largest absolute Gasteiger partial charge is 0.393 e. The van der Waals surface area contributed by atoms with Gasteiger partial charge in [-0.3, -0.25) is 0 Å². The molecule has 0 spiro atoms. The van der Waals surface area contributed by atoms with Crippen LogP contribution in [0.3, 0.4) is 0 Å². The van der Waals surface area contributed by atoms with Crippen LogP contribution in [0.25, 0.3) is 0 Å². The molecule has 1 aliphatic carbocycles. The number of aliphatic hydroxyl groups is 1. The molecular formula is C13H19ClN2O. The quantitative estimate of drug-likeness (QED) is 0.864. The second kappa shape index (κ2) is 5.25. The van der Waals surface area contributed by atoms with Crippen LogP contribution in [0.5, 0.6) is 0 Å². The lowest BCUT2D eigenvalue weighted by molar-refractivity contribution is 0.0465. The van der Waals surface area contributed by atoms with Gasteiger partial charge in [0.1, 0.15) is 0 Å². The minimum atomic E-state index is -0.103. The zero-order valence-electron chi connectivity index (χ0n) is 10.1. The summed E-state index contributed by atoms with van der Waals surface area (Å²) in [5.41, 5.74) is 7.83. The fourth-order valence-corrected chi connectivity index (χ4v) is 2.82. The molecule has 2 rings (SSSR count). The predicted octanol–water partition coefficient (Wildman–Crippen LogP) is 2.01. The Kier molecular flexibility index (Phi) is 3.92. The zero-order valence-corrected chi connectivity index (χ0v) is 10.8. The Balaban J connectivity index is 2.10. The van der Waals surface area contributed by atoms with Crippen molar-refractivity contribution in [2.45, 2.75) is 25.5 Å². The number of aliphatic hydroxyl groups excluding tert-OH is 1.